The van der Waals surface area contributed by atoms with Crippen LogP contribution >= 0.6 is 0 Å². The van der Waals surface area contributed by atoms with Crippen molar-refractivity contribution in [2.45, 2.75) is 32.5 Å². The highest BCUT2D eigenvalue weighted by Gasteiger charge is 2.64. The van der Waals surface area contributed by atoms with Crippen molar-refractivity contribution in [3.05, 3.63) is 0 Å². The molecule has 1 unspecified atom stereocenters. The number of alkyl halides is 3. The zero-order valence-electron chi connectivity index (χ0n) is 7.57. The Labute approximate surface area is 73.7 Å². The number of hydrogen-bond acceptors (Lipinski definition) is 2. The molecule has 0 fully saturated rings. The largest absolute Gasteiger partial charge is 0.480 e. The summed E-state index contributed by atoms with van der Waals surface area (Å²) in [6.45, 7) is 3.40. The third-order valence-electron chi connectivity index (χ3n) is 1.97. The van der Waals surface area contributed by atoms with Crippen LogP contribution in [-0.4, -0.2) is 22.8 Å². The Bertz CT molecular complexity index is 203. The van der Waals surface area contributed by atoms with Crippen molar-refractivity contribution in [2.75, 3.05) is 0 Å². The van der Waals surface area contributed by atoms with Gasteiger partial charge in [0.2, 0.25) is 5.54 Å². The van der Waals surface area contributed by atoms with Crippen molar-refractivity contribution < 1.29 is 23.1 Å². The first-order valence-corrected chi connectivity index (χ1v) is 3.53. The van der Waals surface area contributed by atoms with Gasteiger partial charge in [-0.05, 0) is 5.41 Å². The maximum absolute atomic E-state index is 12.3. The van der Waals surface area contributed by atoms with Crippen LogP contribution < -0.4 is 5.73 Å². The molecule has 0 saturated carbocycles. The van der Waals surface area contributed by atoms with Crippen LogP contribution in [-0.2, 0) is 4.79 Å². The summed E-state index contributed by atoms with van der Waals surface area (Å²) in [6.07, 6.45) is -4.96. The van der Waals surface area contributed by atoms with E-state index in [0.717, 1.165) is 20.8 Å². The highest BCUT2D eigenvalue weighted by atomic mass is 19.4. The van der Waals surface area contributed by atoms with Crippen molar-refractivity contribution in [1.82, 2.24) is 0 Å². The molecule has 0 aliphatic heterocycles. The minimum Gasteiger partial charge on any atom is -0.480 e. The Hall–Kier alpha value is -0.780. The Morgan fingerprint density at radius 1 is 1.23 bits per heavy atom. The second-order valence-corrected chi connectivity index (χ2v) is 3.86. The number of rotatable bonds is 1. The zero-order valence-corrected chi connectivity index (χ0v) is 7.57. The molecule has 0 aliphatic rings. The van der Waals surface area contributed by atoms with Gasteiger partial charge in [-0.3, -0.25) is 0 Å². The van der Waals surface area contributed by atoms with Gasteiger partial charge >= 0.3 is 12.1 Å². The van der Waals surface area contributed by atoms with Crippen molar-refractivity contribution in [2.24, 2.45) is 11.1 Å². The molecule has 0 aromatic rings. The number of carboxylic acid groups (broad SMARTS) is 1. The van der Waals surface area contributed by atoms with Crippen LogP contribution in [0.15, 0.2) is 0 Å². The van der Waals surface area contributed by atoms with Gasteiger partial charge in [0, 0.05) is 0 Å². The Kier molecular flexibility index (Phi) is 2.69. The lowest BCUT2D eigenvalue weighted by molar-refractivity contribution is -0.222. The smallest absolute Gasteiger partial charge is 0.417 e. The van der Waals surface area contributed by atoms with Gasteiger partial charge in [-0.1, -0.05) is 20.8 Å². The predicted molar refractivity (Wildman–Crippen MR) is 40.1 cm³/mol. The van der Waals surface area contributed by atoms with Gasteiger partial charge in [0.15, 0.2) is 0 Å². The first-order chi connectivity index (χ1) is 5.44. The molecule has 0 aromatic carbocycles. The monoisotopic (exact) mass is 199 g/mol. The van der Waals surface area contributed by atoms with Crippen LogP contribution in [0.5, 0.6) is 0 Å². The number of carboxylic acids is 1. The molecular formula is C7H12F3NO2. The lowest BCUT2D eigenvalue weighted by atomic mass is 9.73. The molecule has 3 nitrogen and oxygen atoms in total. The van der Waals surface area contributed by atoms with Gasteiger partial charge in [-0.15, -0.1) is 0 Å². The average Bonchev–Trinajstić information content (AvgIpc) is 1.80. The van der Waals surface area contributed by atoms with Crippen molar-refractivity contribution in [3.63, 3.8) is 0 Å². The Morgan fingerprint density at radius 3 is 1.54 bits per heavy atom. The van der Waals surface area contributed by atoms with Gasteiger partial charge in [0.25, 0.3) is 0 Å². The highest BCUT2D eigenvalue weighted by Crippen LogP contribution is 2.41. The third-order valence-corrected chi connectivity index (χ3v) is 1.97. The van der Waals surface area contributed by atoms with Crippen LogP contribution in [0.1, 0.15) is 20.8 Å². The summed E-state index contributed by atoms with van der Waals surface area (Å²) in [5.74, 6) is -2.06. The summed E-state index contributed by atoms with van der Waals surface area (Å²) in [5, 5.41) is 8.46. The topological polar surface area (TPSA) is 63.3 Å². The molecule has 0 bridgehead atoms. The SMILES string of the molecule is CC(C)(C)C(N)(C(=O)O)C(F)(F)F. The standard InChI is InChI=1S/C7H12F3NO2/c1-5(2,3)6(11,4(12)13)7(8,9)10/h11H2,1-3H3,(H,12,13). The van der Waals surface area contributed by atoms with Gasteiger partial charge in [0.05, 0.1) is 0 Å². The van der Waals surface area contributed by atoms with E-state index in [4.69, 9.17) is 10.8 Å². The van der Waals surface area contributed by atoms with Gasteiger partial charge in [0.1, 0.15) is 0 Å². The molecule has 3 N–H and O–H groups in total. The maximum atomic E-state index is 12.3. The van der Waals surface area contributed by atoms with Gasteiger partial charge < -0.3 is 10.8 Å². The maximum Gasteiger partial charge on any atom is 0.417 e. The molecule has 0 radical (unpaired) electrons. The van der Waals surface area contributed by atoms with E-state index in [9.17, 15) is 18.0 Å². The Balaban J connectivity index is 5.35. The fraction of sp³-hybridized carbons (Fsp3) is 0.857. The summed E-state index contributed by atoms with van der Waals surface area (Å²) in [7, 11) is 0. The normalized spacial score (nSPS) is 18.1. The van der Waals surface area contributed by atoms with Crippen molar-refractivity contribution >= 4 is 5.97 Å². The van der Waals surface area contributed by atoms with Crippen molar-refractivity contribution in [3.8, 4) is 0 Å². The first-order valence-electron chi connectivity index (χ1n) is 3.53. The molecule has 0 heterocycles. The molecule has 0 aliphatic carbocycles. The van der Waals surface area contributed by atoms with Crippen LogP contribution in [0.2, 0.25) is 0 Å². The number of carbonyl (C=O) groups is 1. The van der Waals surface area contributed by atoms with E-state index in [1.807, 2.05) is 0 Å². The minimum atomic E-state index is -4.96. The minimum absolute atomic E-state index is 1.13. The number of aliphatic carboxylic acids is 1. The Morgan fingerprint density at radius 2 is 1.54 bits per heavy atom. The van der Waals surface area contributed by atoms with Gasteiger partial charge in [-0.25, -0.2) is 4.79 Å². The van der Waals surface area contributed by atoms with Crippen molar-refractivity contribution in [1.29, 1.82) is 0 Å². The van der Waals surface area contributed by atoms with E-state index >= 15 is 0 Å². The number of hydrogen-bond donors (Lipinski definition) is 2. The third kappa shape index (κ3) is 1.77. The molecule has 1 atom stereocenters. The molecular weight excluding hydrogens is 187 g/mol. The lowest BCUT2D eigenvalue weighted by Gasteiger charge is -2.38. The zero-order chi connectivity index (χ0) is 11.1. The van der Waals surface area contributed by atoms with E-state index in [1.54, 1.807) is 0 Å². The summed E-state index contributed by atoms with van der Waals surface area (Å²) in [4.78, 5) is 10.5. The van der Waals surface area contributed by atoms with E-state index in [2.05, 4.69) is 0 Å². The summed E-state index contributed by atoms with van der Waals surface area (Å²) < 4.78 is 37.0. The van der Waals surface area contributed by atoms with E-state index in [-0.39, 0.29) is 0 Å². The highest BCUT2D eigenvalue weighted by molar-refractivity contribution is 5.80. The summed E-state index contributed by atoms with van der Waals surface area (Å²) in [5.41, 5.74) is 0.0758. The number of halogens is 3. The predicted octanol–water partition coefficient (Wildman–Crippen LogP) is 1.38. The second-order valence-electron chi connectivity index (χ2n) is 3.86. The molecule has 0 saturated heterocycles. The van der Waals surface area contributed by atoms with Gasteiger partial charge in [-0.2, -0.15) is 13.2 Å². The van der Waals surface area contributed by atoms with Crippen LogP contribution in [0, 0.1) is 5.41 Å². The molecule has 78 valence electrons. The summed E-state index contributed by atoms with van der Waals surface area (Å²) in [6, 6.07) is 0. The average molecular weight is 199 g/mol. The fourth-order valence-corrected chi connectivity index (χ4v) is 0.867. The molecule has 0 amide bonds. The molecule has 0 spiro atoms. The van der Waals surface area contributed by atoms with E-state index in [1.165, 1.54) is 0 Å². The van der Waals surface area contributed by atoms with Crippen LogP contribution in [0.4, 0.5) is 13.2 Å². The van der Waals surface area contributed by atoms with Crippen LogP contribution in [0.25, 0.3) is 0 Å². The molecule has 0 rings (SSSR count). The lowest BCUT2D eigenvalue weighted by Crippen LogP contribution is -2.67. The molecule has 13 heavy (non-hydrogen) atoms. The molecule has 0 aromatic heterocycles. The van der Waals surface area contributed by atoms with E-state index in [0.29, 0.717) is 0 Å². The summed E-state index contributed by atoms with van der Waals surface area (Å²) >= 11 is 0. The second kappa shape index (κ2) is 2.87. The first kappa shape index (κ1) is 12.2. The van der Waals surface area contributed by atoms with Crippen LogP contribution in [0.3, 0.4) is 0 Å². The number of nitrogens with two attached hydrogens (primary N) is 1. The fourth-order valence-electron chi connectivity index (χ4n) is 0.867. The van der Waals surface area contributed by atoms with E-state index < -0.39 is 23.1 Å². The quantitative estimate of drug-likeness (QED) is 0.670. The molecule has 6 heteroatoms.